The first-order valence-corrected chi connectivity index (χ1v) is 7.20. The second kappa shape index (κ2) is 7.95. The lowest BCUT2D eigenvalue weighted by atomic mass is 10.3. The van der Waals surface area contributed by atoms with Gasteiger partial charge in [-0.3, -0.25) is 9.69 Å². The van der Waals surface area contributed by atoms with Crippen LogP contribution >= 0.6 is 0 Å². The summed E-state index contributed by atoms with van der Waals surface area (Å²) in [4.78, 5) is 15.9. The monoisotopic (exact) mass is 295 g/mol. The van der Waals surface area contributed by atoms with Gasteiger partial charge in [0.25, 0.3) is 0 Å². The van der Waals surface area contributed by atoms with Gasteiger partial charge < -0.3 is 15.0 Å². The minimum absolute atomic E-state index is 0.154. The van der Waals surface area contributed by atoms with Crippen LogP contribution in [0, 0.1) is 5.82 Å². The average Bonchev–Trinajstić information content (AvgIpc) is 2.50. The Balaban J connectivity index is 1.65. The van der Waals surface area contributed by atoms with E-state index in [1.165, 1.54) is 12.1 Å². The third-order valence-electron chi connectivity index (χ3n) is 3.43. The fraction of sp³-hybridized carbons (Fsp3) is 0.533. The lowest BCUT2D eigenvalue weighted by Crippen LogP contribution is -2.49. The number of piperazine rings is 1. The SMILES string of the molecule is CN(CCOc1ccc(F)cc1)CC(=O)N1CCNCC1. The Labute approximate surface area is 124 Å². The first-order valence-electron chi connectivity index (χ1n) is 7.20. The number of amides is 1. The van der Waals surface area contributed by atoms with Crippen LogP contribution in [0.15, 0.2) is 24.3 Å². The fourth-order valence-electron chi connectivity index (χ4n) is 2.17. The number of carbonyl (C=O) groups excluding carboxylic acids is 1. The van der Waals surface area contributed by atoms with Crippen molar-refractivity contribution < 1.29 is 13.9 Å². The number of halogens is 1. The number of benzene rings is 1. The van der Waals surface area contributed by atoms with Crippen LogP contribution in [0.2, 0.25) is 0 Å². The van der Waals surface area contributed by atoms with E-state index in [-0.39, 0.29) is 11.7 Å². The summed E-state index contributed by atoms with van der Waals surface area (Å²) >= 11 is 0. The zero-order chi connectivity index (χ0) is 15.1. The van der Waals surface area contributed by atoms with Crippen molar-refractivity contribution in [2.45, 2.75) is 0 Å². The topological polar surface area (TPSA) is 44.8 Å². The molecule has 2 rings (SSSR count). The zero-order valence-electron chi connectivity index (χ0n) is 12.3. The average molecular weight is 295 g/mol. The minimum Gasteiger partial charge on any atom is -0.492 e. The van der Waals surface area contributed by atoms with Crippen LogP contribution in [0.4, 0.5) is 4.39 Å². The van der Waals surface area contributed by atoms with Gasteiger partial charge in [-0.05, 0) is 31.3 Å². The Morgan fingerprint density at radius 2 is 2.00 bits per heavy atom. The Hall–Kier alpha value is -1.66. The van der Waals surface area contributed by atoms with E-state index in [9.17, 15) is 9.18 Å². The summed E-state index contributed by atoms with van der Waals surface area (Å²) < 4.78 is 18.3. The Kier molecular flexibility index (Phi) is 5.95. The number of ether oxygens (including phenoxy) is 1. The quantitative estimate of drug-likeness (QED) is 0.833. The van der Waals surface area contributed by atoms with Crippen molar-refractivity contribution >= 4 is 5.91 Å². The molecule has 116 valence electrons. The molecule has 21 heavy (non-hydrogen) atoms. The van der Waals surface area contributed by atoms with Crippen LogP contribution in [0.25, 0.3) is 0 Å². The molecule has 1 amide bonds. The Morgan fingerprint density at radius 3 is 2.67 bits per heavy atom. The molecule has 1 aromatic rings. The highest BCUT2D eigenvalue weighted by molar-refractivity contribution is 5.78. The molecule has 1 aliphatic rings. The molecule has 0 spiro atoms. The van der Waals surface area contributed by atoms with Crippen LogP contribution in [-0.4, -0.2) is 68.6 Å². The van der Waals surface area contributed by atoms with Crippen LogP contribution in [0.1, 0.15) is 0 Å². The smallest absolute Gasteiger partial charge is 0.236 e. The molecular formula is C15H22FN3O2. The molecule has 1 heterocycles. The first kappa shape index (κ1) is 15.7. The third-order valence-corrected chi connectivity index (χ3v) is 3.43. The first-order chi connectivity index (χ1) is 10.1. The normalized spacial score (nSPS) is 15.3. The lowest BCUT2D eigenvalue weighted by Gasteiger charge is -2.29. The molecule has 0 radical (unpaired) electrons. The molecule has 0 unspecified atom stereocenters. The maximum Gasteiger partial charge on any atom is 0.236 e. The van der Waals surface area contributed by atoms with E-state index in [4.69, 9.17) is 4.74 Å². The van der Waals surface area contributed by atoms with Gasteiger partial charge in [0.05, 0.1) is 6.54 Å². The van der Waals surface area contributed by atoms with Gasteiger partial charge in [-0.1, -0.05) is 0 Å². The van der Waals surface area contributed by atoms with E-state index in [0.29, 0.717) is 25.4 Å². The Bertz CT molecular complexity index is 447. The maximum absolute atomic E-state index is 12.7. The number of carbonyl (C=O) groups is 1. The molecule has 1 aliphatic heterocycles. The van der Waals surface area contributed by atoms with E-state index in [2.05, 4.69) is 5.32 Å². The van der Waals surface area contributed by atoms with Crippen LogP contribution in [0.3, 0.4) is 0 Å². The molecule has 0 bridgehead atoms. The van der Waals surface area contributed by atoms with Gasteiger partial charge in [-0.15, -0.1) is 0 Å². The number of hydrogen-bond donors (Lipinski definition) is 1. The molecule has 0 saturated carbocycles. The summed E-state index contributed by atoms with van der Waals surface area (Å²) in [5, 5.41) is 3.23. The van der Waals surface area contributed by atoms with Crippen LogP contribution in [-0.2, 0) is 4.79 Å². The summed E-state index contributed by atoms with van der Waals surface area (Å²) in [7, 11) is 1.90. The number of hydrogen-bond acceptors (Lipinski definition) is 4. The van der Waals surface area contributed by atoms with E-state index in [0.717, 1.165) is 26.2 Å². The summed E-state index contributed by atoms with van der Waals surface area (Å²) in [6.07, 6.45) is 0. The molecule has 1 N–H and O–H groups in total. The van der Waals surface area contributed by atoms with Gasteiger partial charge in [0, 0.05) is 32.7 Å². The van der Waals surface area contributed by atoms with Crippen molar-refractivity contribution in [3.05, 3.63) is 30.1 Å². The van der Waals surface area contributed by atoms with Crippen molar-refractivity contribution in [1.82, 2.24) is 15.1 Å². The third kappa shape index (κ3) is 5.32. The highest BCUT2D eigenvalue weighted by Crippen LogP contribution is 2.10. The number of nitrogens with one attached hydrogen (secondary N) is 1. The highest BCUT2D eigenvalue weighted by atomic mass is 19.1. The largest absolute Gasteiger partial charge is 0.492 e. The van der Waals surface area contributed by atoms with Crippen molar-refractivity contribution in [3.63, 3.8) is 0 Å². The number of nitrogens with zero attached hydrogens (tertiary/aromatic N) is 2. The van der Waals surface area contributed by atoms with E-state index in [1.807, 2.05) is 16.8 Å². The van der Waals surface area contributed by atoms with Gasteiger partial charge >= 0.3 is 0 Å². The van der Waals surface area contributed by atoms with E-state index in [1.54, 1.807) is 12.1 Å². The summed E-state index contributed by atoms with van der Waals surface area (Å²) in [5.74, 6) is 0.514. The van der Waals surface area contributed by atoms with Crippen molar-refractivity contribution in [3.8, 4) is 5.75 Å². The summed E-state index contributed by atoms with van der Waals surface area (Å²) in [6.45, 7) is 4.79. The standard InChI is InChI=1S/C15H22FN3O2/c1-18(12-15(20)19-8-6-17-7-9-19)10-11-21-14-4-2-13(16)3-5-14/h2-5,17H,6-12H2,1H3. The predicted octanol–water partition coefficient (Wildman–Crippen LogP) is 0.568. The Morgan fingerprint density at radius 1 is 1.33 bits per heavy atom. The van der Waals surface area contributed by atoms with Gasteiger partial charge in [-0.2, -0.15) is 0 Å². The second-order valence-electron chi connectivity index (χ2n) is 5.17. The molecule has 6 heteroatoms. The van der Waals surface area contributed by atoms with Gasteiger partial charge in [0.2, 0.25) is 5.91 Å². The molecular weight excluding hydrogens is 273 g/mol. The van der Waals surface area contributed by atoms with Crippen molar-refractivity contribution in [1.29, 1.82) is 0 Å². The maximum atomic E-state index is 12.7. The van der Waals surface area contributed by atoms with Crippen molar-refractivity contribution in [2.24, 2.45) is 0 Å². The lowest BCUT2D eigenvalue weighted by molar-refractivity contribution is -0.132. The van der Waals surface area contributed by atoms with Crippen LogP contribution in [0.5, 0.6) is 5.75 Å². The predicted molar refractivity (Wildman–Crippen MR) is 78.8 cm³/mol. The number of rotatable bonds is 6. The van der Waals surface area contributed by atoms with Gasteiger partial charge in [-0.25, -0.2) is 4.39 Å². The molecule has 1 fully saturated rings. The minimum atomic E-state index is -0.277. The summed E-state index contributed by atoms with van der Waals surface area (Å²) in [5.41, 5.74) is 0. The van der Waals surface area contributed by atoms with Gasteiger partial charge in [0.15, 0.2) is 0 Å². The highest BCUT2D eigenvalue weighted by Gasteiger charge is 2.17. The van der Waals surface area contributed by atoms with Gasteiger partial charge in [0.1, 0.15) is 18.2 Å². The van der Waals surface area contributed by atoms with E-state index >= 15 is 0 Å². The van der Waals surface area contributed by atoms with Crippen LogP contribution < -0.4 is 10.1 Å². The molecule has 1 saturated heterocycles. The molecule has 0 aromatic heterocycles. The molecule has 0 aliphatic carbocycles. The molecule has 1 aromatic carbocycles. The van der Waals surface area contributed by atoms with Crippen molar-refractivity contribution in [2.75, 3.05) is 52.9 Å². The summed E-state index contributed by atoms with van der Waals surface area (Å²) in [6, 6.07) is 5.93. The fourth-order valence-corrected chi connectivity index (χ4v) is 2.17. The zero-order valence-corrected chi connectivity index (χ0v) is 12.3. The molecule has 0 atom stereocenters. The number of likely N-dealkylation sites (N-methyl/N-ethyl adjacent to an activating group) is 1. The van der Waals surface area contributed by atoms with E-state index < -0.39 is 0 Å². The molecule has 5 nitrogen and oxygen atoms in total. The second-order valence-corrected chi connectivity index (χ2v) is 5.17.